The molecule has 3 rings (SSSR count). The van der Waals surface area contributed by atoms with Crippen LogP contribution in [0.25, 0.3) is 0 Å². The number of para-hydroxylation sites is 2. The van der Waals surface area contributed by atoms with Crippen LogP contribution in [-0.2, 0) is 0 Å². The molecule has 0 saturated carbocycles. The maximum absolute atomic E-state index is 5.92. The highest BCUT2D eigenvalue weighted by molar-refractivity contribution is 5.40. The fourth-order valence-electron chi connectivity index (χ4n) is 2.47. The fourth-order valence-corrected chi connectivity index (χ4v) is 2.47. The van der Waals surface area contributed by atoms with Crippen molar-refractivity contribution < 1.29 is 9.47 Å². The Hall–Kier alpha value is -1.26. The molecular weight excluding hydrogens is 216 g/mol. The third kappa shape index (κ3) is 2.37. The number of fused-ring (bicyclic) bond motifs is 1. The monoisotopic (exact) mass is 234 g/mol. The predicted molar refractivity (Wildman–Crippen MR) is 65.4 cm³/mol. The van der Waals surface area contributed by atoms with Crippen LogP contribution in [0.3, 0.4) is 0 Å². The molecule has 2 aliphatic heterocycles. The van der Waals surface area contributed by atoms with Crippen molar-refractivity contribution in [1.29, 1.82) is 0 Å². The van der Waals surface area contributed by atoms with Crippen molar-refractivity contribution in [3.63, 3.8) is 0 Å². The highest BCUT2D eigenvalue weighted by Gasteiger charge is 2.26. The van der Waals surface area contributed by atoms with E-state index in [1.54, 1.807) is 0 Å². The molecule has 0 spiro atoms. The van der Waals surface area contributed by atoms with Crippen LogP contribution in [0.1, 0.15) is 6.42 Å². The number of nitrogens with zero attached hydrogens (tertiary/aromatic N) is 1. The lowest BCUT2D eigenvalue weighted by atomic mass is 10.2. The Kier molecular flexibility index (Phi) is 2.91. The van der Waals surface area contributed by atoms with Crippen LogP contribution in [0, 0.1) is 0 Å². The molecule has 1 aromatic carbocycles. The van der Waals surface area contributed by atoms with Crippen molar-refractivity contribution in [3.05, 3.63) is 24.3 Å². The summed E-state index contributed by atoms with van der Waals surface area (Å²) in [6.45, 7) is 3.58. The van der Waals surface area contributed by atoms with Crippen LogP contribution in [0.5, 0.6) is 11.5 Å². The van der Waals surface area contributed by atoms with Crippen LogP contribution in [-0.4, -0.2) is 43.3 Å². The van der Waals surface area contributed by atoms with Crippen molar-refractivity contribution in [2.45, 2.75) is 18.6 Å². The quantitative estimate of drug-likeness (QED) is 0.824. The Morgan fingerprint density at radius 3 is 2.88 bits per heavy atom. The van der Waals surface area contributed by atoms with Gasteiger partial charge in [-0.05, 0) is 25.1 Å². The number of hydrogen-bond acceptors (Lipinski definition) is 4. The van der Waals surface area contributed by atoms with Gasteiger partial charge in [0.2, 0.25) is 0 Å². The molecule has 1 fully saturated rings. The standard InChI is InChI=1S/C13H18N2O2/c14-10-5-6-15(7-10)8-11-9-16-12-3-1-2-4-13(12)17-11/h1-4,10-11H,5-9,14H2. The highest BCUT2D eigenvalue weighted by atomic mass is 16.6. The number of ether oxygens (including phenoxy) is 2. The summed E-state index contributed by atoms with van der Waals surface area (Å²) in [5.41, 5.74) is 5.89. The molecule has 0 radical (unpaired) electrons. The molecule has 4 heteroatoms. The molecule has 92 valence electrons. The zero-order chi connectivity index (χ0) is 11.7. The molecule has 2 unspecified atom stereocenters. The van der Waals surface area contributed by atoms with Crippen LogP contribution in [0.15, 0.2) is 24.3 Å². The Bertz CT molecular complexity index is 397. The SMILES string of the molecule is NC1CCN(CC2COc3ccccc3O2)C1. The first kappa shape index (κ1) is 10.9. The molecule has 2 heterocycles. The number of nitrogens with two attached hydrogens (primary N) is 1. The highest BCUT2D eigenvalue weighted by Crippen LogP contribution is 2.31. The number of hydrogen-bond donors (Lipinski definition) is 1. The van der Waals surface area contributed by atoms with Gasteiger partial charge in [-0.25, -0.2) is 0 Å². The molecule has 2 N–H and O–H groups in total. The molecule has 0 amide bonds. The van der Waals surface area contributed by atoms with E-state index >= 15 is 0 Å². The average Bonchev–Trinajstić information content (AvgIpc) is 2.75. The van der Waals surface area contributed by atoms with E-state index in [-0.39, 0.29) is 6.10 Å². The topological polar surface area (TPSA) is 47.7 Å². The number of rotatable bonds is 2. The summed E-state index contributed by atoms with van der Waals surface area (Å²) in [5.74, 6) is 1.70. The van der Waals surface area contributed by atoms with Gasteiger partial charge in [-0.3, -0.25) is 4.90 Å². The molecule has 2 atom stereocenters. The summed E-state index contributed by atoms with van der Waals surface area (Å²) in [6.07, 6.45) is 1.21. The van der Waals surface area contributed by atoms with Crippen LogP contribution in [0.4, 0.5) is 0 Å². The van der Waals surface area contributed by atoms with E-state index in [2.05, 4.69) is 4.90 Å². The first-order valence-corrected chi connectivity index (χ1v) is 6.17. The van der Waals surface area contributed by atoms with Crippen molar-refractivity contribution in [3.8, 4) is 11.5 Å². The zero-order valence-corrected chi connectivity index (χ0v) is 9.84. The lowest BCUT2D eigenvalue weighted by Crippen LogP contribution is -2.40. The summed E-state index contributed by atoms with van der Waals surface area (Å²) in [5, 5.41) is 0. The molecule has 0 aromatic heterocycles. The van der Waals surface area contributed by atoms with Crippen molar-refractivity contribution in [1.82, 2.24) is 4.90 Å². The van der Waals surface area contributed by atoms with Gasteiger partial charge >= 0.3 is 0 Å². The van der Waals surface area contributed by atoms with Gasteiger partial charge in [0.15, 0.2) is 11.5 Å². The van der Waals surface area contributed by atoms with Gasteiger partial charge in [-0.1, -0.05) is 12.1 Å². The lowest BCUT2D eigenvalue weighted by Gasteiger charge is -2.29. The largest absolute Gasteiger partial charge is 0.486 e. The third-order valence-corrected chi connectivity index (χ3v) is 3.34. The van der Waals surface area contributed by atoms with Crippen LogP contribution < -0.4 is 15.2 Å². The van der Waals surface area contributed by atoms with Gasteiger partial charge < -0.3 is 15.2 Å². The first-order chi connectivity index (χ1) is 8.31. The van der Waals surface area contributed by atoms with Gasteiger partial charge in [0, 0.05) is 19.1 Å². The van der Waals surface area contributed by atoms with E-state index in [0.717, 1.165) is 37.6 Å². The van der Waals surface area contributed by atoms with E-state index in [1.807, 2.05) is 24.3 Å². The van der Waals surface area contributed by atoms with Crippen LogP contribution in [0.2, 0.25) is 0 Å². The third-order valence-electron chi connectivity index (χ3n) is 3.34. The minimum Gasteiger partial charge on any atom is -0.486 e. The van der Waals surface area contributed by atoms with Gasteiger partial charge in [0.1, 0.15) is 12.7 Å². The van der Waals surface area contributed by atoms with Crippen molar-refractivity contribution >= 4 is 0 Å². The summed E-state index contributed by atoms with van der Waals surface area (Å²) < 4.78 is 11.6. The molecule has 2 aliphatic rings. The van der Waals surface area contributed by atoms with E-state index < -0.39 is 0 Å². The van der Waals surface area contributed by atoms with Gasteiger partial charge in [0.05, 0.1) is 0 Å². The van der Waals surface area contributed by atoms with Crippen molar-refractivity contribution in [2.75, 3.05) is 26.2 Å². The molecule has 17 heavy (non-hydrogen) atoms. The average molecular weight is 234 g/mol. The number of benzene rings is 1. The predicted octanol–water partition coefficient (Wildman–Crippen LogP) is 0.859. The Morgan fingerprint density at radius 2 is 2.12 bits per heavy atom. The first-order valence-electron chi connectivity index (χ1n) is 6.17. The summed E-state index contributed by atoms with van der Waals surface area (Å²) >= 11 is 0. The smallest absolute Gasteiger partial charge is 0.161 e. The molecule has 1 aromatic rings. The van der Waals surface area contributed by atoms with Gasteiger partial charge in [0.25, 0.3) is 0 Å². The second-order valence-corrected chi connectivity index (χ2v) is 4.81. The molecule has 1 saturated heterocycles. The second-order valence-electron chi connectivity index (χ2n) is 4.81. The summed E-state index contributed by atoms with van der Waals surface area (Å²) in [4.78, 5) is 2.35. The zero-order valence-electron chi connectivity index (χ0n) is 9.84. The van der Waals surface area contributed by atoms with Gasteiger partial charge in [-0.15, -0.1) is 0 Å². The van der Waals surface area contributed by atoms with Crippen LogP contribution >= 0.6 is 0 Å². The Balaban J connectivity index is 1.61. The molecular formula is C13H18N2O2. The van der Waals surface area contributed by atoms with E-state index in [1.165, 1.54) is 0 Å². The van der Waals surface area contributed by atoms with E-state index in [0.29, 0.717) is 12.6 Å². The number of likely N-dealkylation sites (tertiary alicyclic amines) is 1. The Labute approximate surface area is 101 Å². The summed E-state index contributed by atoms with van der Waals surface area (Å²) in [7, 11) is 0. The molecule has 0 aliphatic carbocycles. The lowest BCUT2D eigenvalue weighted by molar-refractivity contribution is 0.0647. The van der Waals surface area contributed by atoms with E-state index in [4.69, 9.17) is 15.2 Å². The normalized spacial score (nSPS) is 28.3. The molecule has 0 bridgehead atoms. The maximum atomic E-state index is 5.92. The minimum absolute atomic E-state index is 0.121. The second kappa shape index (κ2) is 4.55. The fraction of sp³-hybridized carbons (Fsp3) is 0.538. The minimum atomic E-state index is 0.121. The van der Waals surface area contributed by atoms with Gasteiger partial charge in [-0.2, -0.15) is 0 Å². The van der Waals surface area contributed by atoms with E-state index in [9.17, 15) is 0 Å². The Morgan fingerprint density at radius 1 is 1.29 bits per heavy atom. The maximum Gasteiger partial charge on any atom is 0.161 e. The van der Waals surface area contributed by atoms with Crippen molar-refractivity contribution in [2.24, 2.45) is 5.73 Å². The molecule has 4 nitrogen and oxygen atoms in total. The summed E-state index contributed by atoms with van der Waals surface area (Å²) in [6, 6.07) is 8.15.